The molecule has 3 heterocycles. The zero-order valence-corrected chi connectivity index (χ0v) is 18.8. The van der Waals surface area contributed by atoms with E-state index < -0.39 is 0 Å². The Bertz CT molecular complexity index is 1030. The Hall–Kier alpha value is -3.59. The zero-order valence-electron chi connectivity index (χ0n) is 18.8. The van der Waals surface area contributed by atoms with Gasteiger partial charge in [-0.1, -0.05) is 0 Å². The zero-order chi connectivity index (χ0) is 22.5. The van der Waals surface area contributed by atoms with Crippen molar-refractivity contribution >= 4 is 17.5 Å². The molecular weight excluding hydrogens is 408 g/mol. The summed E-state index contributed by atoms with van der Waals surface area (Å²) in [6.07, 6.45) is 3.57. The van der Waals surface area contributed by atoms with Crippen molar-refractivity contribution in [2.75, 3.05) is 51.2 Å². The number of anilines is 3. The van der Waals surface area contributed by atoms with E-state index in [-0.39, 0.29) is 0 Å². The molecule has 0 unspecified atom stereocenters. The first-order valence-corrected chi connectivity index (χ1v) is 10.5. The summed E-state index contributed by atoms with van der Waals surface area (Å²) in [5.74, 6) is 3.06. The lowest BCUT2D eigenvalue weighted by atomic mass is 10.2. The SMILES string of the molecule is COc1cc(Nc2nccc(-c3ccc(N4CCN[C@@H](C)C4)nc3)n2)cc(OC)c1OC. The molecule has 2 N–H and O–H groups in total. The smallest absolute Gasteiger partial charge is 0.227 e. The number of benzene rings is 1. The van der Waals surface area contributed by atoms with Crippen LogP contribution in [-0.4, -0.2) is 62.0 Å². The van der Waals surface area contributed by atoms with E-state index in [0.717, 1.165) is 42.4 Å². The molecule has 0 bridgehead atoms. The standard InChI is InChI=1S/C23H28N6O3/c1-15-14-29(10-9-24-15)21-6-5-16(13-26-21)18-7-8-25-23(28-18)27-17-11-19(30-2)22(32-4)20(12-17)31-3/h5-8,11-13,15,24H,9-10,14H2,1-4H3,(H,25,27,28)/t15-/m0/s1. The maximum Gasteiger partial charge on any atom is 0.227 e. The van der Waals surface area contributed by atoms with E-state index in [9.17, 15) is 0 Å². The van der Waals surface area contributed by atoms with Crippen LogP contribution in [0.15, 0.2) is 42.7 Å². The van der Waals surface area contributed by atoms with Gasteiger partial charge >= 0.3 is 0 Å². The molecule has 4 rings (SSSR count). The number of methoxy groups -OCH3 is 3. The van der Waals surface area contributed by atoms with Gasteiger partial charge in [0.05, 0.1) is 27.0 Å². The van der Waals surface area contributed by atoms with Gasteiger partial charge in [0.25, 0.3) is 0 Å². The van der Waals surface area contributed by atoms with Crippen LogP contribution in [0.5, 0.6) is 17.2 Å². The van der Waals surface area contributed by atoms with Gasteiger partial charge in [0.2, 0.25) is 11.7 Å². The molecular formula is C23H28N6O3. The maximum absolute atomic E-state index is 5.42. The summed E-state index contributed by atoms with van der Waals surface area (Å²) >= 11 is 0. The van der Waals surface area contributed by atoms with Gasteiger partial charge in [-0.25, -0.2) is 15.0 Å². The van der Waals surface area contributed by atoms with E-state index in [1.807, 2.05) is 36.5 Å². The molecule has 1 saturated heterocycles. The van der Waals surface area contributed by atoms with Crippen molar-refractivity contribution in [3.05, 3.63) is 42.7 Å². The number of hydrogen-bond donors (Lipinski definition) is 2. The molecule has 9 heteroatoms. The second kappa shape index (κ2) is 9.69. The minimum atomic E-state index is 0.455. The number of piperazine rings is 1. The van der Waals surface area contributed by atoms with Crippen molar-refractivity contribution in [1.82, 2.24) is 20.3 Å². The second-order valence-electron chi connectivity index (χ2n) is 7.51. The summed E-state index contributed by atoms with van der Waals surface area (Å²) in [6.45, 7) is 5.05. The lowest BCUT2D eigenvalue weighted by Crippen LogP contribution is -2.49. The van der Waals surface area contributed by atoms with Crippen LogP contribution in [0.1, 0.15) is 6.92 Å². The number of ether oxygens (including phenoxy) is 3. The van der Waals surface area contributed by atoms with E-state index in [1.54, 1.807) is 27.5 Å². The molecule has 2 aromatic heterocycles. The fourth-order valence-corrected chi connectivity index (χ4v) is 3.73. The highest BCUT2D eigenvalue weighted by Gasteiger charge is 2.17. The predicted molar refractivity (Wildman–Crippen MR) is 124 cm³/mol. The Morgan fingerprint density at radius 3 is 2.44 bits per heavy atom. The highest BCUT2D eigenvalue weighted by Crippen LogP contribution is 2.40. The van der Waals surface area contributed by atoms with Crippen molar-refractivity contribution in [2.45, 2.75) is 13.0 Å². The molecule has 0 saturated carbocycles. The highest BCUT2D eigenvalue weighted by molar-refractivity contribution is 5.67. The van der Waals surface area contributed by atoms with Gasteiger partial charge in [0.15, 0.2) is 11.5 Å². The summed E-state index contributed by atoms with van der Waals surface area (Å²) in [6, 6.07) is 10.0. The topological polar surface area (TPSA) is 93.7 Å². The molecule has 1 atom stereocenters. The molecule has 168 valence electrons. The summed E-state index contributed by atoms with van der Waals surface area (Å²) in [4.78, 5) is 15.9. The maximum atomic E-state index is 5.42. The molecule has 32 heavy (non-hydrogen) atoms. The average molecular weight is 437 g/mol. The Morgan fingerprint density at radius 1 is 1.03 bits per heavy atom. The first-order valence-electron chi connectivity index (χ1n) is 10.5. The van der Waals surface area contributed by atoms with Gasteiger partial charge in [0, 0.05) is 61.5 Å². The fraction of sp³-hybridized carbons (Fsp3) is 0.348. The average Bonchev–Trinajstić information content (AvgIpc) is 2.83. The van der Waals surface area contributed by atoms with Crippen LogP contribution >= 0.6 is 0 Å². The lowest BCUT2D eigenvalue weighted by Gasteiger charge is -2.32. The van der Waals surface area contributed by atoms with Crippen LogP contribution in [0, 0.1) is 0 Å². The van der Waals surface area contributed by atoms with Crippen LogP contribution in [-0.2, 0) is 0 Å². The largest absolute Gasteiger partial charge is 0.493 e. The number of pyridine rings is 1. The highest BCUT2D eigenvalue weighted by atomic mass is 16.5. The molecule has 1 fully saturated rings. The lowest BCUT2D eigenvalue weighted by molar-refractivity contribution is 0.324. The van der Waals surface area contributed by atoms with Gasteiger partial charge in [0.1, 0.15) is 5.82 Å². The third-order valence-electron chi connectivity index (χ3n) is 5.31. The molecule has 0 radical (unpaired) electrons. The second-order valence-corrected chi connectivity index (χ2v) is 7.51. The van der Waals surface area contributed by atoms with Gasteiger partial charge in [-0.05, 0) is 25.1 Å². The summed E-state index contributed by atoms with van der Waals surface area (Å²) < 4.78 is 16.2. The van der Waals surface area contributed by atoms with Crippen LogP contribution in [0.4, 0.5) is 17.5 Å². The van der Waals surface area contributed by atoms with Crippen molar-refractivity contribution in [2.24, 2.45) is 0 Å². The summed E-state index contributed by atoms with van der Waals surface area (Å²) in [7, 11) is 4.73. The number of aromatic nitrogens is 3. The van der Waals surface area contributed by atoms with Gasteiger partial charge in [-0.2, -0.15) is 0 Å². The molecule has 0 aliphatic carbocycles. The van der Waals surface area contributed by atoms with Crippen molar-refractivity contribution < 1.29 is 14.2 Å². The summed E-state index contributed by atoms with van der Waals surface area (Å²) in [5.41, 5.74) is 2.42. The minimum absolute atomic E-state index is 0.455. The van der Waals surface area contributed by atoms with E-state index in [4.69, 9.17) is 14.2 Å². The first kappa shape index (κ1) is 21.6. The molecule has 0 spiro atoms. The van der Waals surface area contributed by atoms with E-state index in [0.29, 0.717) is 29.2 Å². The van der Waals surface area contributed by atoms with Crippen molar-refractivity contribution in [1.29, 1.82) is 0 Å². The molecule has 1 aliphatic rings. The van der Waals surface area contributed by atoms with E-state index >= 15 is 0 Å². The normalized spacial score (nSPS) is 15.9. The predicted octanol–water partition coefficient (Wildman–Crippen LogP) is 3.11. The number of rotatable bonds is 7. The fourth-order valence-electron chi connectivity index (χ4n) is 3.73. The van der Waals surface area contributed by atoms with Crippen molar-refractivity contribution in [3.8, 4) is 28.5 Å². The number of hydrogen-bond acceptors (Lipinski definition) is 9. The Kier molecular flexibility index (Phi) is 6.55. The monoisotopic (exact) mass is 436 g/mol. The van der Waals surface area contributed by atoms with Gasteiger partial charge in [-0.15, -0.1) is 0 Å². The van der Waals surface area contributed by atoms with Gasteiger partial charge < -0.3 is 29.7 Å². The minimum Gasteiger partial charge on any atom is -0.493 e. The molecule has 1 aliphatic heterocycles. The molecule has 0 amide bonds. The number of nitrogens with zero attached hydrogens (tertiary/aromatic N) is 4. The molecule has 9 nitrogen and oxygen atoms in total. The number of nitrogens with one attached hydrogen (secondary N) is 2. The van der Waals surface area contributed by atoms with E-state index in [2.05, 4.69) is 37.4 Å². The van der Waals surface area contributed by atoms with Crippen LogP contribution < -0.4 is 29.7 Å². The summed E-state index contributed by atoms with van der Waals surface area (Å²) in [5, 5.41) is 6.66. The molecule has 3 aromatic rings. The van der Waals surface area contributed by atoms with Crippen LogP contribution in [0.2, 0.25) is 0 Å². The van der Waals surface area contributed by atoms with Crippen LogP contribution in [0.25, 0.3) is 11.3 Å². The first-order chi connectivity index (χ1) is 15.6. The van der Waals surface area contributed by atoms with Gasteiger partial charge in [-0.3, -0.25) is 0 Å². The van der Waals surface area contributed by atoms with E-state index in [1.165, 1.54) is 0 Å². The van der Waals surface area contributed by atoms with Crippen molar-refractivity contribution in [3.63, 3.8) is 0 Å². The Morgan fingerprint density at radius 2 is 1.81 bits per heavy atom. The Balaban J connectivity index is 1.54. The quantitative estimate of drug-likeness (QED) is 0.579. The molecule has 1 aromatic carbocycles. The third kappa shape index (κ3) is 4.67. The van der Waals surface area contributed by atoms with Crippen LogP contribution in [0.3, 0.4) is 0 Å². The Labute approximate surface area is 187 Å². The third-order valence-corrected chi connectivity index (χ3v) is 5.31.